The van der Waals surface area contributed by atoms with Crippen LogP contribution in [0.2, 0.25) is 0 Å². The highest BCUT2D eigenvalue weighted by Gasteiger charge is 2.15. The van der Waals surface area contributed by atoms with Crippen LogP contribution in [-0.2, 0) is 0 Å². The van der Waals surface area contributed by atoms with Crippen LogP contribution in [0.3, 0.4) is 0 Å². The number of non-ortho nitro benzene ring substituents is 2. The predicted octanol–water partition coefficient (Wildman–Crippen LogP) is 6.49. The van der Waals surface area contributed by atoms with Crippen LogP contribution in [0.25, 0.3) is 0 Å². The Morgan fingerprint density at radius 1 is 0.711 bits per heavy atom. The van der Waals surface area contributed by atoms with Crippen molar-refractivity contribution in [2.24, 2.45) is 5.73 Å². The maximum Gasteiger partial charge on any atom is 0.413 e. The number of nitrogens with two attached hydrogens (primary N) is 1. The number of carbonyl (C=O) groups excluding carboxylic acids is 2. The number of nitrogens with zero attached hydrogens (tertiary/aromatic N) is 4. The number of ether oxygens (including phenoxy) is 2. The number of rotatable bonds is 7. The number of nitro groups is 2. The molecule has 0 saturated carbocycles. The van der Waals surface area contributed by atoms with Crippen LogP contribution >= 0.6 is 11.6 Å². The fraction of sp³-hybridized carbons (Fsp3) is 0.0667. The molecule has 2 unspecified atom stereocenters. The van der Waals surface area contributed by atoms with Crippen molar-refractivity contribution in [1.82, 2.24) is 5.32 Å². The smallest absolute Gasteiger partial charge is 0.413 e. The Morgan fingerprint density at radius 2 is 1.13 bits per heavy atom. The lowest BCUT2D eigenvalue weighted by molar-refractivity contribution is -0.385. The van der Waals surface area contributed by atoms with Crippen molar-refractivity contribution in [3.05, 3.63) is 141 Å². The molecule has 45 heavy (non-hydrogen) atoms. The second kappa shape index (κ2) is 18.2. The first-order chi connectivity index (χ1) is 21.5. The van der Waals surface area contributed by atoms with Crippen LogP contribution in [0.4, 0.5) is 21.0 Å². The molecule has 0 spiro atoms. The Balaban J connectivity index is 0.000000259. The van der Waals surface area contributed by atoms with Crippen molar-refractivity contribution < 1.29 is 28.9 Å². The number of nitriles is 2. The van der Waals surface area contributed by atoms with E-state index in [1.54, 1.807) is 30.3 Å². The molecule has 4 rings (SSSR count). The van der Waals surface area contributed by atoms with Crippen LogP contribution in [0.15, 0.2) is 109 Å². The molecular formula is C30H23ClN6O8. The lowest BCUT2D eigenvalue weighted by atomic mass is 10.1. The number of benzene rings is 4. The van der Waals surface area contributed by atoms with Crippen molar-refractivity contribution in [1.29, 1.82) is 10.5 Å². The minimum atomic E-state index is -0.978. The third kappa shape index (κ3) is 12.6. The van der Waals surface area contributed by atoms with Gasteiger partial charge < -0.3 is 20.5 Å². The Hall–Kier alpha value is -6.35. The topological polar surface area (TPSA) is 225 Å². The second-order valence-corrected chi connectivity index (χ2v) is 8.67. The second-order valence-electron chi connectivity index (χ2n) is 8.37. The van der Waals surface area contributed by atoms with E-state index in [-0.39, 0.29) is 22.9 Å². The highest BCUT2D eigenvalue weighted by Crippen LogP contribution is 2.19. The van der Waals surface area contributed by atoms with E-state index in [1.165, 1.54) is 48.5 Å². The van der Waals surface area contributed by atoms with Gasteiger partial charge in [0.25, 0.3) is 11.4 Å². The zero-order chi connectivity index (χ0) is 33.2. The Morgan fingerprint density at radius 3 is 1.51 bits per heavy atom. The van der Waals surface area contributed by atoms with Crippen LogP contribution in [0.1, 0.15) is 23.2 Å². The van der Waals surface area contributed by atoms with Crippen molar-refractivity contribution >= 4 is 34.5 Å². The molecule has 0 heterocycles. The predicted molar refractivity (Wildman–Crippen MR) is 161 cm³/mol. The van der Waals surface area contributed by atoms with Gasteiger partial charge in [0.05, 0.1) is 22.0 Å². The molecule has 0 aromatic heterocycles. The average molecular weight is 631 g/mol. The van der Waals surface area contributed by atoms with Gasteiger partial charge in [-0.05, 0) is 35.4 Å². The molecule has 0 aliphatic rings. The summed E-state index contributed by atoms with van der Waals surface area (Å²) in [4.78, 5) is 41.6. The molecule has 0 aliphatic heterocycles. The first kappa shape index (κ1) is 34.8. The fourth-order valence-corrected chi connectivity index (χ4v) is 3.28. The summed E-state index contributed by atoms with van der Waals surface area (Å²) in [6.07, 6.45) is -0.816. The minimum absolute atomic E-state index is 0.0747. The van der Waals surface area contributed by atoms with E-state index < -0.39 is 33.5 Å². The average Bonchev–Trinajstić information content (AvgIpc) is 3.05. The molecule has 14 nitrogen and oxygen atoms in total. The van der Waals surface area contributed by atoms with Gasteiger partial charge in [-0.1, -0.05) is 60.7 Å². The Labute approximate surface area is 261 Å². The summed E-state index contributed by atoms with van der Waals surface area (Å²) in [6, 6.07) is 30.7. The molecule has 15 heteroatoms. The maximum absolute atomic E-state index is 11.8. The van der Waals surface area contributed by atoms with Gasteiger partial charge >= 0.3 is 11.5 Å². The van der Waals surface area contributed by atoms with Crippen LogP contribution in [-0.4, -0.2) is 21.4 Å². The van der Waals surface area contributed by atoms with Crippen molar-refractivity contribution in [3.8, 4) is 23.6 Å². The zero-order valence-corrected chi connectivity index (χ0v) is 23.8. The zero-order valence-electron chi connectivity index (χ0n) is 23.1. The first-order valence-electron chi connectivity index (χ1n) is 12.5. The van der Waals surface area contributed by atoms with Crippen LogP contribution < -0.4 is 20.5 Å². The quantitative estimate of drug-likeness (QED) is 0.127. The van der Waals surface area contributed by atoms with Gasteiger partial charge in [-0.25, -0.2) is 9.59 Å². The molecule has 0 radical (unpaired) electrons. The largest absolute Gasteiger partial charge is 0.414 e. The van der Waals surface area contributed by atoms with Gasteiger partial charge in [0.15, 0.2) is 0 Å². The number of amides is 1. The molecule has 3 N–H and O–H groups in total. The third-order valence-electron chi connectivity index (χ3n) is 5.33. The van der Waals surface area contributed by atoms with E-state index in [0.29, 0.717) is 5.56 Å². The minimum Gasteiger partial charge on any atom is -0.414 e. The highest BCUT2D eigenvalue weighted by atomic mass is 35.5. The number of nitro benzene ring substituents is 2. The summed E-state index contributed by atoms with van der Waals surface area (Å²) in [7, 11) is 0. The lowest BCUT2D eigenvalue weighted by Crippen LogP contribution is -2.30. The molecule has 0 bridgehead atoms. The number of hydrogen-bond donors (Lipinski definition) is 2. The van der Waals surface area contributed by atoms with E-state index in [4.69, 9.17) is 32.6 Å². The van der Waals surface area contributed by atoms with Crippen LogP contribution in [0.5, 0.6) is 11.5 Å². The van der Waals surface area contributed by atoms with Gasteiger partial charge in [-0.15, -0.1) is 0 Å². The first-order valence-corrected chi connectivity index (χ1v) is 12.9. The fourth-order valence-electron chi connectivity index (χ4n) is 3.19. The van der Waals surface area contributed by atoms with Gasteiger partial charge in [0.2, 0.25) is 0 Å². The maximum atomic E-state index is 11.8. The summed E-state index contributed by atoms with van der Waals surface area (Å²) in [5, 5.41) is 40.7. The molecule has 0 saturated heterocycles. The number of nitrogens with one attached hydrogen (secondary N) is 1. The standard InChI is InChI=1S/C15H11N3O4.C8H8N2.C7H4ClNO4/c16-10-14(11-4-2-1-3-5-11)17-15(19)22-13-8-6-12(7-9-13)18(20)21;9-6-8(10)7-4-2-1-3-5-7;8-7(10)13-6-3-1-5(2-4-6)9(11)12/h1-9,14H,(H,17,19);1-5,8H,10H2;1-4H. The summed E-state index contributed by atoms with van der Waals surface area (Å²) < 4.78 is 9.43. The summed E-state index contributed by atoms with van der Waals surface area (Å²) in [5.41, 5.74) is 5.77. The normalized spacial score (nSPS) is 10.8. The Kier molecular flexibility index (Phi) is 14.1. The van der Waals surface area contributed by atoms with Crippen molar-refractivity contribution in [3.63, 3.8) is 0 Å². The monoisotopic (exact) mass is 630 g/mol. The molecular weight excluding hydrogens is 608 g/mol. The lowest BCUT2D eigenvalue weighted by Gasteiger charge is -2.11. The highest BCUT2D eigenvalue weighted by molar-refractivity contribution is 6.61. The van der Waals surface area contributed by atoms with Gasteiger partial charge in [0, 0.05) is 35.9 Å². The molecule has 2 atom stereocenters. The molecule has 1 amide bonds. The van der Waals surface area contributed by atoms with Crippen molar-refractivity contribution in [2.75, 3.05) is 0 Å². The summed E-state index contributed by atoms with van der Waals surface area (Å²) in [5.74, 6) is 0.318. The summed E-state index contributed by atoms with van der Waals surface area (Å²) in [6.45, 7) is 0. The molecule has 0 fully saturated rings. The number of carbonyl (C=O) groups is 2. The third-order valence-corrected chi connectivity index (χ3v) is 5.40. The number of hydrogen-bond acceptors (Lipinski definition) is 11. The molecule has 228 valence electrons. The van der Waals surface area contributed by atoms with Gasteiger partial charge in [-0.2, -0.15) is 10.5 Å². The van der Waals surface area contributed by atoms with Gasteiger partial charge in [0.1, 0.15) is 23.6 Å². The van der Waals surface area contributed by atoms with E-state index in [9.17, 15) is 29.8 Å². The van der Waals surface area contributed by atoms with Crippen molar-refractivity contribution in [2.45, 2.75) is 12.1 Å². The number of halogens is 1. The Bertz CT molecular complexity index is 1660. The van der Waals surface area contributed by atoms with Gasteiger partial charge in [-0.3, -0.25) is 20.2 Å². The summed E-state index contributed by atoms with van der Waals surface area (Å²) >= 11 is 4.92. The molecule has 4 aromatic rings. The SMILES string of the molecule is N#CC(N)c1ccccc1.N#CC(NC(=O)Oc1ccc([N+](=O)[O-])cc1)c1ccccc1.O=C(Cl)Oc1ccc([N+](=O)[O-])cc1. The van der Waals surface area contributed by atoms with Crippen LogP contribution in [0, 0.1) is 42.9 Å². The van der Waals surface area contributed by atoms with E-state index in [2.05, 4.69) is 10.1 Å². The molecule has 0 aliphatic carbocycles. The van der Waals surface area contributed by atoms with E-state index in [1.807, 2.05) is 42.5 Å². The molecule has 4 aromatic carbocycles. The van der Waals surface area contributed by atoms with E-state index in [0.717, 1.165) is 5.56 Å². The van der Waals surface area contributed by atoms with E-state index >= 15 is 0 Å².